The molecule has 0 amide bonds. The van der Waals surface area contributed by atoms with Crippen molar-refractivity contribution in [3.63, 3.8) is 0 Å². The molecule has 0 aromatic rings. The number of hydrogen-bond donors (Lipinski definition) is 0. The first-order chi connectivity index (χ1) is 1.91. The summed E-state index contributed by atoms with van der Waals surface area (Å²) >= 11 is 0. The zero-order valence-electron chi connectivity index (χ0n) is 3.79. The van der Waals surface area contributed by atoms with E-state index in [4.69, 9.17) is 0 Å². The maximum absolute atomic E-state index is 2.18. The van der Waals surface area contributed by atoms with E-state index in [1.165, 1.54) is 12.8 Å². The summed E-state index contributed by atoms with van der Waals surface area (Å²) in [4.78, 5) is 0. The lowest BCUT2D eigenvalue weighted by atomic mass is 10.4. The molecule has 0 fully saturated rings. The Kier molecular flexibility index (Phi) is 16.1. The van der Waals surface area contributed by atoms with Crippen LogP contribution >= 0.6 is 0 Å². The van der Waals surface area contributed by atoms with Crippen molar-refractivity contribution in [2.45, 2.75) is 26.7 Å². The van der Waals surface area contributed by atoms with Crippen LogP contribution in [0.5, 0.6) is 0 Å². The second kappa shape index (κ2) is 9.06. The standard InChI is InChI=1S/C4H10.FH/c1-3-4-2;/h3-4H2,1-2H3;1H/p-1. The molecule has 0 saturated carbocycles. The van der Waals surface area contributed by atoms with Crippen molar-refractivity contribution < 1.29 is 4.70 Å². The predicted molar refractivity (Wildman–Crippen MR) is 20.6 cm³/mol. The Labute approximate surface area is 32.6 Å². The fraction of sp³-hybridized carbons (Fsp3) is 1.00. The molecule has 0 rings (SSSR count). The van der Waals surface area contributed by atoms with Gasteiger partial charge in [-0.3, -0.25) is 0 Å². The third-order valence-electron chi connectivity index (χ3n) is 0.500. The van der Waals surface area contributed by atoms with Gasteiger partial charge in [-0.05, 0) is 0 Å². The van der Waals surface area contributed by atoms with E-state index >= 15 is 0 Å². The highest BCUT2D eigenvalue weighted by Crippen LogP contribution is 1.76. The van der Waals surface area contributed by atoms with Gasteiger partial charge in [0, 0.05) is 0 Å². The van der Waals surface area contributed by atoms with E-state index in [1.54, 1.807) is 0 Å². The summed E-state index contributed by atoms with van der Waals surface area (Å²) in [6.45, 7) is 4.36. The zero-order chi connectivity index (χ0) is 3.41. The van der Waals surface area contributed by atoms with Crippen LogP contribution in [-0.2, 0) is 0 Å². The summed E-state index contributed by atoms with van der Waals surface area (Å²) in [5.41, 5.74) is 0. The largest absolute Gasteiger partial charge is 1.00 e. The molecule has 0 aromatic heterocycles. The molecule has 34 valence electrons. The molecule has 0 aliphatic rings. The van der Waals surface area contributed by atoms with Gasteiger partial charge < -0.3 is 4.70 Å². The highest BCUT2D eigenvalue weighted by molar-refractivity contribution is 4.12. The van der Waals surface area contributed by atoms with Crippen LogP contribution in [-0.4, -0.2) is 0 Å². The normalized spacial score (nSPS) is 6.00. The zero-order valence-corrected chi connectivity index (χ0v) is 3.79. The highest BCUT2D eigenvalue weighted by atomic mass is 19.0. The van der Waals surface area contributed by atoms with Crippen LogP contribution in [0.2, 0.25) is 0 Å². The quantitative estimate of drug-likeness (QED) is 0.369. The highest BCUT2D eigenvalue weighted by Gasteiger charge is 1.56. The van der Waals surface area contributed by atoms with Crippen molar-refractivity contribution in [1.29, 1.82) is 0 Å². The molecular formula is C4H10F-. The average Bonchev–Trinajstić information content (AvgIpc) is 1.37. The Morgan fingerprint density at radius 2 is 1.20 bits per heavy atom. The van der Waals surface area contributed by atoms with Gasteiger partial charge >= 0.3 is 0 Å². The van der Waals surface area contributed by atoms with E-state index in [9.17, 15) is 0 Å². The van der Waals surface area contributed by atoms with E-state index in [-0.39, 0.29) is 4.70 Å². The SMILES string of the molecule is CCCC.[F-]. The smallest absolute Gasteiger partial charge is 0.0564 e. The van der Waals surface area contributed by atoms with Crippen LogP contribution in [0.3, 0.4) is 0 Å². The van der Waals surface area contributed by atoms with Gasteiger partial charge in [0.15, 0.2) is 0 Å². The lowest BCUT2D eigenvalue weighted by molar-refractivity contribution is -0.00000103. The summed E-state index contributed by atoms with van der Waals surface area (Å²) in [5.74, 6) is 0. The monoisotopic (exact) mass is 77.1 g/mol. The Hall–Kier alpha value is -0.0700. The van der Waals surface area contributed by atoms with Gasteiger partial charge in [-0.15, -0.1) is 0 Å². The number of rotatable bonds is 1. The first kappa shape index (κ1) is 8.87. The molecule has 0 bridgehead atoms. The van der Waals surface area contributed by atoms with Gasteiger partial charge in [0.05, 0.1) is 0 Å². The van der Waals surface area contributed by atoms with Crippen molar-refractivity contribution in [3.8, 4) is 0 Å². The summed E-state index contributed by atoms with van der Waals surface area (Å²) in [5, 5.41) is 0. The Morgan fingerprint density at radius 3 is 1.20 bits per heavy atom. The lowest BCUT2D eigenvalue weighted by Crippen LogP contribution is -3.00. The van der Waals surface area contributed by atoms with Gasteiger partial charge in [0.25, 0.3) is 0 Å². The van der Waals surface area contributed by atoms with Crippen LogP contribution in [0.1, 0.15) is 26.7 Å². The molecule has 0 heterocycles. The maximum Gasteiger partial charge on any atom is -0.0564 e. The van der Waals surface area contributed by atoms with E-state index in [2.05, 4.69) is 13.8 Å². The van der Waals surface area contributed by atoms with E-state index in [0.29, 0.717) is 0 Å². The first-order valence-corrected chi connectivity index (χ1v) is 1.91. The minimum absolute atomic E-state index is 0. The molecule has 0 nitrogen and oxygen atoms in total. The summed E-state index contributed by atoms with van der Waals surface area (Å²) in [6.07, 6.45) is 2.64. The minimum atomic E-state index is 0. The molecule has 0 aliphatic heterocycles. The molecule has 0 atom stereocenters. The van der Waals surface area contributed by atoms with E-state index in [1.807, 2.05) is 0 Å². The Balaban J connectivity index is 0. The third-order valence-corrected chi connectivity index (χ3v) is 0.500. The molecule has 1 heteroatoms. The molecule has 0 radical (unpaired) electrons. The summed E-state index contributed by atoms with van der Waals surface area (Å²) in [6, 6.07) is 0. The van der Waals surface area contributed by atoms with Crippen LogP contribution in [0, 0.1) is 0 Å². The minimum Gasteiger partial charge on any atom is -1.00 e. The molecule has 0 saturated heterocycles. The third kappa shape index (κ3) is 16.9. The van der Waals surface area contributed by atoms with Gasteiger partial charge in [-0.2, -0.15) is 0 Å². The van der Waals surface area contributed by atoms with Crippen molar-refractivity contribution in [2.24, 2.45) is 0 Å². The van der Waals surface area contributed by atoms with Gasteiger partial charge in [0.2, 0.25) is 0 Å². The van der Waals surface area contributed by atoms with E-state index in [0.717, 1.165) is 0 Å². The summed E-state index contributed by atoms with van der Waals surface area (Å²) in [7, 11) is 0. The van der Waals surface area contributed by atoms with Crippen molar-refractivity contribution in [2.75, 3.05) is 0 Å². The van der Waals surface area contributed by atoms with E-state index < -0.39 is 0 Å². The first-order valence-electron chi connectivity index (χ1n) is 1.91. The summed E-state index contributed by atoms with van der Waals surface area (Å²) < 4.78 is 0. The fourth-order valence-corrected chi connectivity index (χ4v) is 0. The Bertz CT molecular complexity index is 5.61. The predicted octanol–water partition coefficient (Wildman–Crippen LogP) is -1.19. The number of hydrogen-bond acceptors (Lipinski definition) is 0. The van der Waals surface area contributed by atoms with Gasteiger partial charge in [0.1, 0.15) is 0 Å². The second-order valence-corrected chi connectivity index (χ2v) is 1.000. The lowest BCUT2D eigenvalue weighted by Gasteiger charge is -1.68. The molecule has 0 N–H and O–H groups in total. The topological polar surface area (TPSA) is 0 Å². The van der Waals surface area contributed by atoms with Crippen molar-refractivity contribution >= 4 is 0 Å². The Morgan fingerprint density at radius 1 is 1.00 bits per heavy atom. The number of halogens is 1. The molecule has 5 heavy (non-hydrogen) atoms. The van der Waals surface area contributed by atoms with Crippen LogP contribution in [0.25, 0.3) is 0 Å². The molecular weight excluding hydrogens is 67.0 g/mol. The molecule has 0 spiro atoms. The number of unbranched alkanes of at least 4 members (excludes halogenated alkanes) is 1. The fourth-order valence-electron chi connectivity index (χ4n) is 0. The maximum atomic E-state index is 2.18. The van der Waals surface area contributed by atoms with Crippen LogP contribution in [0.15, 0.2) is 0 Å². The van der Waals surface area contributed by atoms with Crippen molar-refractivity contribution in [3.05, 3.63) is 0 Å². The molecule has 0 unspecified atom stereocenters. The van der Waals surface area contributed by atoms with Crippen LogP contribution < -0.4 is 4.70 Å². The van der Waals surface area contributed by atoms with Gasteiger partial charge in [-0.25, -0.2) is 0 Å². The van der Waals surface area contributed by atoms with Gasteiger partial charge in [-0.1, -0.05) is 26.7 Å². The molecule has 0 aromatic carbocycles. The van der Waals surface area contributed by atoms with Crippen molar-refractivity contribution in [1.82, 2.24) is 0 Å². The van der Waals surface area contributed by atoms with Crippen LogP contribution in [0.4, 0.5) is 0 Å². The average molecular weight is 77.1 g/mol. The molecule has 0 aliphatic carbocycles. The second-order valence-electron chi connectivity index (χ2n) is 1.000.